The Kier molecular flexibility index (Phi) is 20.6. The third kappa shape index (κ3) is 11.8. The number of hydrogen-bond donors (Lipinski definition) is 18. The van der Waals surface area contributed by atoms with Gasteiger partial charge in [-0.25, -0.2) is 0 Å². The van der Waals surface area contributed by atoms with Gasteiger partial charge in [0.05, 0.1) is 64.1 Å². The van der Waals surface area contributed by atoms with E-state index in [4.69, 9.17) is 47.4 Å². The maximum atomic E-state index is 12.7. The fourth-order valence-corrected chi connectivity index (χ4v) is 17.6. The van der Waals surface area contributed by atoms with Crippen LogP contribution in [0.5, 0.6) is 0 Å². The lowest BCUT2D eigenvalue weighted by molar-refractivity contribution is -0.372. The van der Waals surface area contributed by atoms with Crippen molar-refractivity contribution in [2.24, 2.45) is 56.2 Å². The first-order valence-electron chi connectivity index (χ1n) is 31.6. The van der Waals surface area contributed by atoms with Gasteiger partial charge in [0, 0.05) is 16.7 Å². The highest BCUT2D eigenvalue weighted by atomic mass is 16.8. The minimum atomic E-state index is -1.91. The second-order valence-corrected chi connectivity index (χ2v) is 29.3. The van der Waals surface area contributed by atoms with Gasteiger partial charge in [-0.3, -0.25) is 0 Å². The molecule has 8 fully saturated rings. The van der Waals surface area contributed by atoms with Gasteiger partial charge in [-0.2, -0.15) is 0 Å². The van der Waals surface area contributed by atoms with Crippen LogP contribution in [0.25, 0.3) is 0 Å². The van der Waals surface area contributed by atoms with Crippen LogP contribution in [0.15, 0.2) is 23.8 Å². The number of ether oxygens (including phenoxy) is 10. The zero-order valence-electron chi connectivity index (χ0n) is 51.7. The first kappa shape index (κ1) is 70.2. The number of fused-ring (bicyclic) bond motifs is 7. The molecule has 89 heavy (non-hydrogen) atoms. The van der Waals surface area contributed by atoms with Crippen molar-refractivity contribution in [1.82, 2.24) is 0 Å². The summed E-state index contributed by atoms with van der Waals surface area (Å²) in [7, 11) is 0. The maximum absolute atomic E-state index is 12.7. The van der Waals surface area contributed by atoms with Crippen molar-refractivity contribution < 1.29 is 139 Å². The Hall–Kier alpha value is -1.64. The summed E-state index contributed by atoms with van der Waals surface area (Å²) in [6.45, 7) is 12.8. The van der Waals surface area contributed by atoms with Crippen LogP contribution in [0.4, 0.5) is 0 Å². The van der Waals surface area contributed by atoms with Crippen molar-refractivity contribution in [1.29, 1.82) is 0 Å². The molecule has 10 aliphatic rings. The molecule has 5 aliphatic heterocycles. The molecule has 10 rings (SSSR count). The fourth-order valence-electron chi connectivity index (χ4n) is 17.6. The maximum Gasteiger partial charge on any atom is 0.187 e. The summed E-state index contributed by atoms with van der Waals surface area (Å²) in [6, 6.07) is 0. The number of hydrogen-bond acceptors (Lipinski definition) is 28. The second-order valence-electron chi connectivity index (χ2n) is 29.3. The van der Waals surface area contributed by atoms with Crippen molar-refractivity contribution >= 4 is 0 Å². The van der Waals surface area contributed by atoms with E-state index in [-0.39, 0.29) is 23.9 Å². The molecule has 3 saturated carbocycles. The van der Waals surface area contributed by atoms with E-state index in [1.165, 1.54) is 6.92 Å². The topological polar surface area (TPSA) is 456 Å². The summed E-state index contributed by atoms with van der Waals surface area (Å²) >= 11 is 0. The third-order valence-corrected chi connectivity index (χ3v) is 23.7. The van der Waals surface area contributed by atoms with E-state index in [0.29, 0.717) is 25.7 Å². The largest absolute Gasteiger partial charge is 0.394 e. The van der Waals surface area contributed by atoms with Crippen molar-refractivity contribution in [3.05, 3.63) is 23.8 Å². The quantitative estimate of drug-likeness (QED) is 0.0510. The Balaban J connectivity index is 0.893. The van der Waals surface area contributed by atoms with E-state index >= 15 is 0 Å². The minimum absolute atomic E-state index is 0.0477. The molecule has 18 N–H and O–H groups in total. The van der Waals surface area contributed by atoms with Gasteiger partial charge >= 0.3 is 0 Å². The fraction of sp³-hybridized carbons (Fsp3) is 0.934. The molecule has 5 saturated heterocycles. The van der Waals surface area contributed by atoms with Crippen LogP contribution in [0.3, 0.4) is 0 Å². The minimum Gasteiger partial charge on any atom is -0.394 e. The Morgan fingerprint density at radius 2 is 0.955 bits per heavy atom. The molecule has 0 aromatic rings. The molecule has 0 spiro atoms. The molecule has 28 nitrogen and oxygen atoms in total. The van der Waals surface area contributed by atoms with Crippen molar-refractivity contribution in [3.63, 3.8) is 0 Å². The van der Waals surface area contributed by atoms with Gasteiger partial charge in [-0.05, 0) is 77.9 Å². The first-order valence-corrected chi connectivity index (χ1v) is 31.6. The van der Waals surface area contributed by atoms with E-state index in [1.807, 2.05) is 19.9 Å². The van der Waals surface area contributed by atoms with Gasteiger partial charge in [-0.15, -0.1) is 0 Å². The van der Waals surface area contributed by atoms with E-state index in [2.05, 4.69) is 46.8 Å². The predicted molar refractivity (Wildman–Crippen MR) is 301 cm³/mol. The summed E-state index contributed by atoms with van der Waals surface area (Å²) in [4.78, 5) is 0. The Bertz CT molecular complexity index is 2470. The second kappa shape index (κ2) is 26.1. The van der Waals surface area contributed by atoms with E-state index in [1.54, 1.807) is 0 Å². The molecule has 0 bridgehead atoms. The van der Waals surface area contributed by atoms with Gasteiger partial charge < -0.3 is 139 Å². The highest BCUT2D eigenvalue weighted by Gasteiger charge is 2.70. The van der Waals surface area contributed by atoms with Crippen LogP contribution >= 0.6 is 0 Å². The molecule has 28 heteroatoms. The zero-order chi connectivity index (χ0) is 65.2. The van der Waals surface area contributed by atoms with Gasteiger partial charge in [-0.1, -0.05) is 79.2 Å². The molecular formula is C61H100O28. The van der Waals surface area contributed by atoms with Crippen molar-refractivity contribution in [2.45, 2.75) is 260 Å². The van der Waals surface area contributed by atoms with E-state index in [0.717, 1.165) is 18.4 Å². The zero-order valence-corrected chi connectivity index (χ0v) is 51.7. The van der Waals surface area contributed by atoms with Crippen LogP contribution < -0.4 is 0 Å². The highest BCUT2D eigenvalue weighted by Crippen LogP contribution is 2.75. The lowest BCUT2D eigenvalue weighted by atomic mass is 9.34. The summed E-state index contributed by atoms with van der Waals surface area (Å²) < 4.78 is 60.4. The van der Waals surface area contributed by atoms with Crippen LogP contribution in [-0.4, -0.2) is 297 Å². The monoisotopic (exact) mass is 1280 g/mol. The average Bonchev–Trinajstić information content (AvgIpc) is 0.678. The van der Waals surface area contributed by atoms with Gasteiger partial charge in [0.1, 0.15) is 110 Å². The highest BCUT2D eigenvalue weighted by molar-refractivity contribution is 5.42. The first-order chi connectivity index (χ1) is 41.7. The number of aliphatic hydroxyl groups is 18. The predicted octanol–water partition coefficient (Wildman–Crippen LogP) is -4.74. The molecular weight excluding hydrogens is 1180 g/mol. The standard InChI is InChI=1S/C61H100O28/c1-24-35(65)27(18-62)85-53(36(24)66)89-48-44(74)40(70)31(22-81-52-46(76)42(72)38(68)29(20-64)84-52)87-55(48)82-23-61-16-15-59(7)25(26(61)17-56(2,3)49(78)50(61)79)9-10-33-58(6)13-12-34(57(4,5)32(58)11-14-60(33,59)8)88-54-47(77)43(73)39(69)30(86-54)21-80-51-45(75)41(71)37(67)28(19-63)83-51/h9,15-16,24,26-55,62-79H,10-14,17-23H2,1-8H3/t24-,26?,27+,28+,29+,30+,31+,32?,33?,34-,35-,36+,37+,38+,39+,40+,41+,42-,43+,44+,45-,46+,47+,48+,49-,50-,51-,52+,53-,54-,55+,58-,59+,60+,61-/m0/s1. The molecule has 5 heterocycles. The van der Waals surface area contributed by atoms with E-state index < -0.39 is 238 Å². The number of allylic oxidation sites excluding steroid dienone is 3. The molecule has 35 atom stereocenters. The molecule has 3 unspecified atom stereocenters. The third-order valence-electron chi connectivity index (χ3n) is 23.7. The Morgan fingerprint density at radius 3 is 1.52 bits per heavy atom. The Morgan fingerprint density at radius 1 is 0.472 bits per heavy atom. The molecule has 0 amide bonds. The molecule has 512 valence electrons. The normalized spacial score (nSPS) is 54.7. The lowest BCUT2D eigenvalue weighted by Crippen LogP contribution is -2.67. The van der Waals surface area contributed by atoms with Crippen molar-refractivity contribution in [3.8, 4) is 0 Å². The number of aliphatic hydroxyl groups excluding tert-OH is 18. The molecule has 5 aliphatic carbocycles. The molecule has 0 radical (unpaired) electrons. The molecule has 0 aromatic heterocycles. The van der Waals surface area contributed by atoms with Crippen molar-refractivity contribution in [2.75, 3.05) is 39.6 Å². The van der Waals surface area contributed by atoms with E-state index in [9.17, 15) is 91.9 Å². The van der Waals surface area contributed by atoms with Crippen LogP contribution in [-0.2, 0) is 47.4 Å². The van der Waals surface area contributed by atoms with Gasteiger partial charge in [0.2, 0.25) is 0 Å². The van der Waals surface area contributed by atoms with Crippen LogP contribution in [0.1, 0.15) is 93.9 Å². The van der Waals surface area contributed by atoms with Gasteiger partial charge in [0.15, 0.2) is 31.5 Å². The van der Waals surface area contributed by atoms with Crippen LogP contribution in [0, 0.1) is 56.2 Å². The van der Waals surface area contributed by atoms with Crippen LogP contribution in [0.2, 0.25) is 0 Å². The smallest absolute Gasteiger partial charge is 0.187 e. The lowest BCUT2D eigenvalue weighted by Gasteiger charge is -2.70. The Labute approximate surface area is 517 Å². The summed E-state index contributed by atoms with van der Waals surface area (Å²) in [6.07, 6.45) is -31.6. The summed E-state index contributed by atoms with van der Waals surface area (Å²) in [5, 5.41) is 196. The SMILES string of the molecule is C[C@@H]1[C@@H](O)[C@H](O[C@H]2[C@H](OC[C@@]34C=C[C@]5(C)C(=CCC6[C@@]7(C)CC[C@H](O[C@@H]8O[C@H](CO[C@H]9O[C@H](CO)[C@@H](O)[C@@H](O)[C@@H]9O)[C@@H](O)[C@@H](O)[C@H]8O)C(C)(C)C7CC[C@]65C)C3CC(C)(C)[C@@H](O)[C@@H]4O)O[C@H](CO[C@@H]3O[C@H](CO)[C@@H](O)[C@H](O)[C@H]3O)[C@@H](O)[C@H]2O)O[C@H](CO)[C@H]1O. The summed E-state index contributed by atoms with van der Waals surface area (Å²) in [5.74, 6) is -1.27. The summed E-state index contributed by atoms with van der Waals surface area (Å²) in [5.41, 5.74) is -3.11. The molecule has 0 aromatic carbocycles. The van der Waals surface area contributed by atoms with Gasteiger partial charge in [0.25, 0.3) is 0 Å². The number of rotatable bonds is 16. The average molecular weight is 1280 g/mol.